The number of hydrogen-bond acceptors (Lipinski definition) is 2. The Labute approximate surface area is 182 Å². The molecule has 2 nitrogen and oxygen atoms in total. The molecule has 2 heteroatoms. The van der Waals surface area contributed by atoms with E-state index in [2.05, 4.69) is 61.6 Å². The number of carbonyl (C=O) groups is 2. The number of benzene rings is 4. The minimum atomic E-state index is 0.673. The van der Waals surface area contributed by atoms with Gasteiger partial charge in [-0.2, -0.15) is 0 Å². The number of rotatable bonds is 6. The fraction of sp³-hybridized carbons (Fsp3) is 0.0345. The Morgan fingerprint density at radius 2 is 1.03 bits per heavy atom. The molecule has 4 aromatic carbocycles. The van der Waals surface area contributed by atoms with Gasteiger partial charge in [-0.1, -0.05) is 96.6 Å². The summed E-state index contributed by atoms with van der Waals surface area (Å²) < 4.78 is 0. The van der Waals surface area contributed by atoms with Gasteiger partial charge < -0.3 is 0 Å². The molecule has 31 heavy (non-hydrogen) atoms. The third-order valence-electron chi connectivity index (χ3n) is 5.23. The molecule has 0 bridgehead atoms. The first-order valence-corrected chi connectivity index (χ1v) is 10.2. The van der Waals surface area contributed by atoms with Crippen molar-refractivity contribution in [2.75, 3.05) is 0 Å². The van der Waals surface area contributed by atoms with Gasteiger partial charge in [0.25, 0.3) is 0 Å². The van der Waals surface area contributed by atoms with Crippen molar-refractivity contribution in [1.29, 1.82) is 0 Å². The predicted octanol–water partition coefficient (Wildman–Crippen LogP) is 7.11. The van der Waals surface area contributed by atoms with Crippen molar-refractivity contribution in [3.05, 3.63) is 118 Å². The fourth-order valence-electron chi connectivity index (χ4n) is 3.51. The van der Waals surface area contributed by atoms with Gasteiger partial charge in [-0.3, -0.25) is 9.59 Å². The summed E-state index contributed by atoms with van der Waals surface area (Å²) in [6, 6.07) is 25.9. The normalized spacial score (nSPS) is 11.4. The maximum atomic E-state index is 10.9. The zero-order valence-corrected chi connectivity index (χ0v) is 17.3. The van der Waals surface area contributed by atoms with Gasteiger partial charge in [-0.15, -0.1) is 0 Å². The maximum absolute atomic E-state index is 10.9. The Morgan fingerprint density at radius 1 is 0.516 bits per heavy atom. The summed E-state index contributed by atoms with van der Waals surface area (Å²) in [5, 5.41) is 2.38. The van der Waals surface area contributed by atoms with Gasteiger partial charge >= 0.3 is 0 Å². The lowest BCUT2D eigenvalue weighted by Gasteiger charge is -2.07. The topological polar surface area (TPSA) is 34.1 Å². The van der Waals surface area contributed by atoms with Crippen molar-refractivity contribution >= 4 is 47.6 Å². The van der Waals surface area contributed by atoms with Crippen LogP contribution in [0, 0.1) is 6.92 Å². The van der Waals surface area contributed by atoms with E-state index in [0.717, 1.165) is 34.8 Å². The SMILES string of the molecule is Cc1ccc2cc(/C=C/c3ccc(C=O)cc3)cc(/C=C/c3ccc(C=O)cc3)c2c1. The summed E-state index contributed by atoms with van der Waals surface area (Å²) in [4.78, 5) is 21.7. The molecule has 0 aliphatic rings. The molecular weight excluding hydrogens is 380 g/mol. The van der Waals surface area contributed by atoms with Crippen molar-refractivity contribution in [2.45, 2.75) is 6.92 Å². The minimum Gasteiger partial charge on any atom is -0.298 e. The average molecular weight is 402 g/mol. The quantitative estimate of drug-likeness (QED) is 0.254. The van der Waals surface area contributed by atoms with E-state index >= 15 is 0 Å². The summed E-state index contributed by atoms with van der Waals surface area (Å²) in [7, 11) is 0. The second-order valence-electron chi connectivity index (χ2n) is 7.57. The van der Waals surface area contributed by atoms with Crippen LogP contribution >= 0.6 is 0 Å². The lowest BCUT2D eigenvalue weighted by Crippen LogP contribution is -1.85. The largest absolute Gasteiger partial charge is 0.298 e. The molecule has 0 aliphatic carbocycles. The lowest BCUT2D eigenvalue weighted by atomic mass is 9.97. The summed E-state index contributed by atoms with van der Waals surface area (Å²) in [5.41, 5.74) is 6.89. The zero-order valence-electron chi connectivity index (χ0n) is 17.3. The number of carbonyl (C=O) groups excluding carboxylic acids is 2. The second-order valence-corrected chi connectivity index (χ2v) is 7.57. The van der Waals surface area contributed by atoms with Crippen LogP contribution in [-0.2, 0) is 0 Å². The summed E-state index contributed by atoms with van der Waals surface area (Å²) in [6.45, 7) is 2.10. The van der Waals surface area contributed by atoms with Crippen molar-refractivity contribution in [3.8, 4) is 0 Å². The van der Waals surface area contributed by atoms with E-state index in [1.807, 2.05) is 48.5 Å². The van der Waals surface area contributed by atoms with Gasteiger partial charge in [0.15, 0.2) is 0 Å². The molecule has 0 fully saturated rings. The van der Waals surface area contributed by atoms with Gasteiger partial charge in [-0.25, -0.2) is 0 Å². The van der Waals surface area contributed by atoms with E-state index in [0.29, 0.717) is 11.1 Å². The van der Waals surface area contributed by atoms with Gasteiger partial charge in [0.05, 0.1) is 0 Å². The van der Waals surface area contributed by atoms with Gasteiger partial charge in [0.1, 0.15) is 12.6 Å². The van der Waals surface area contributed by atoms with Crippen molar-refractivity contribution < 1.29 is 9.59 Å². The van der Waals surface area contributed by atoms with Gasteiger partial charge in [-0.05, 0) is 52.1 Å². The molecule has 0 aromatic heterocycles. The van der Waals surface area contributed by atoms with E-state index in [-0.39, 0.29) is 0 Å². The highest BCUT2D eigenvalue weighted by Gasteiger charge is 2.02. The van der Waals surface area contributed by atoms with Crippen LogP contribution in [0.25, 0.3) is 35.1 Å². The van der Waals surface area contributed by atoms with Crippen molar-refractivity contribution in [3.63, 3.8) is 0 Å². The van der Waals surface area contributed by atoms with Crippen molar-refractivity contribution in [2.24, 2.45) is 0 Å². The van der Waals surface area contributed by atoms with Crippen LogP contribution in [0.15, 0.2) is 78.9 Å². The highest BCUT2D eigenvalue weighted by molar-refractivity contribution is 5.95. The van der Waals surface area contributed by atoms with E-state index in [4.69, 9.17) is 0 Å². The maximum Gasteiger partial charge on any atom is 0.150 e. The van der Waals surface area contributed by atoms with E-state index in [1.54, 1.807) is 0 Å². The summed E-state index contributed by atoms with van der Waals surface area (Å²) >= 11 is 0. The third kappa shape index (κ3) is 4.93. The molecule has 0 heterocycles. The van der Waals surface area contributed by atoms with Crippen LogP contribution in [0.1, 0.15) is 48.5 Å². The Hall–Kier alpha value is -4.04. The van der Waals surface area contributed by atoms with Gasteiger partial charge in [0, 0.05) is 11.1 Å². The van der Waals surface area contributed by atoms with Crippen LogP contribution in [0.4, 0.5) is 0 Å². The minimum absolute atomic E-state index is 0.673. The highest BCUT2D eigenvalue weighted by Crippen LogP contribution is 2.26. The van der Waals surface area contributed by atoms with E-state index in [1.165, 1.54) is 16.3 Å². The molecule has 0 N–H and O–H groups in total. The molecular formula is C29H22O2. The Kier molecular flexibility index (Phi) is 6.00. The van der Waals surface area contributed by atoms with Crippen molar-refractivity contribution in [1.82, 2.24) is 0 Å². The monoisotopic (exact) mass is 402 g/mol. The molecule has 0 saturated carbocycles. The van der Waals surface area contributed by atoms with Crippen LogP contribution < -0.4 is 0 Å². The Balaban J connectivity index is 1.70. The standard InChI is InChI=1S/C29H22O2/c1-21-2-14-27-17-26(12-7-22-3-8-24(19-30)9-4-22)18-28(29(27)16-21)15-13-23-5-10-25(20-31)11-6-23/h2-20H,1H3/b12-7+,15-13+. The molecule has 0 aliphatic heterocycles. The molecule has 0 atom stereocenters. The van der Waals surface area contributed by atoms with E-state index in [9.17, 15) is 9.59 Å². The first-order valence-electron chi connectivity index (χ1n) is 10.2. The van der Waals surface area contributed by atoms with Crippen LogP contribution in [-0.4, -0.2) is 12.6 Å². The zero-order chi connectivity index (χ0) is 21.6. The number of hydrogen-bond donors (Lipinski definition) is 0. The number of aryl methyl sites for hydroxylation is 1. The molecule has 0 amide bonds. The lowest BCUT2D eigenvalue weighted by molar-refractivity contribution is 0.111. The molecule has 150 valence electrons. The third-order valence-corrected chi connectivity index (χ3v) is 5.23. The average Bonchev–Trinajstić information content (AvgIpc) is 2.82. The predicted molar refractivity (Wildman–Crippen MR) is 130 cm³/mol. The second kappa shape index (κ2) is 9.19. The molecule has 0 radical (unpaired) electrons. The summed E-state index contributed by atoms with van der Waals surface area (Å²) in [5.74, 6) is 0. The van der Waals surface area contributed by atoms with Crippen LogP contribution in [0.5, 0.6) is 0 Å². The van der Waals surface area contributed by atoms with Crippen LogP contribution in [0.3, 0.4) is 0 Å². The first-order chi connectivity index (χ1) is 15.1. The molecule has 4 rings (SSSR count). The Morgan fingerprint density at radius 3 is 1.61 bits per heavy atom. The highest BCUT2D eigenvalue weighted by atomic mass is 16.1. The molecule has 0 saturated heterocycles. The number of fused-ring (bicyclic) bond motifs is 1. The van der Waals surface area contributed by atoms with E-state index < -0.39 is 0 Å². The smallest absolute Gasteiger partial charge is 0.150 e. The fourth-order valence-corrected chi connectivity index (χ4v) is 3.51. The molecule has 0 unspecified atom stereocenters. The first kappa shape index (κ1) is 20.2. The Bertz CT molecular complexity index is 1290. The molecule has 0 spiro atoms. The molecule has 4 aromatic rings. The number of aldehydes is 2. The van der Waals surface area contributed by atoms with Gasteiger partial charge in [0.2, 0.25) is 0 Å². The summed E-state index contributed by atoms with van der Waals surface area (Å²) in [6.07, 6.45) is 10.0. The van der Waals surface area contributed by atoms with Crippen LogP contribution in [0.2, 0.25) is 0 Å².